The van der Waals surface area contributed by atoms with Crippen LogP contribution in [0.2, 0.25) is 0 Å². The smallest absolute Gasteiger partial charge is 0.226 e. The van der Waals surface area contributed by atoms with Gasteiger partial charge in [0.15, 0.2) is 0 Å². The molecular weight excluding hydrogens is 193 g/mol. The summed E-state index contributed by atoms with van der Waals surface area (Å²) in [4.78, 5) is 13.4. The van der Waals surface area contributed by atoms with Gasteiger partial charge in [-0.1, -0.05) is 6.92 Å². The molecule has 1 aromatic rings. The molecule has 1 aliphatic heterocycles. The van der Waals surface area contributed by atoms with Crippen molar-refractivity contribution in [2.24, 2.45) is 0 Å². The fourth-order valence-corrected chi connectivity index (χ4v) is 2.02. The van der Waals surface area contributed by atoms with E-state index in [9.17, 15) is 9.18 Å². The number of carbonyl (C=O) groups excluding carboxylic acids is 1. The van der Waals surface area contributed by atoms with Gasteiger partial charge in [0.1, 0.15) is 5.82 Å². The molecule has 3 heteroatoms. The van der Waals surface area contributed by atoms with E-state index in [2.05, 4.69) is 0 Å². The average molecular weight is 207 g/mol. The van der Waals surface area contributed by atoms with Gasteiger partial charge >= 0.3 is 0 Å². The van der Waals surface area contributed by atoms with Crippen LogP contribution in [0.25, 0.3) is 0 Å². The number of aryl methyl sites for hydroxylation is 1. The van der Waals surface area contributed by atoms with Crippen molar-refractivity contribution in [3.8, 4) is 0 Å². The van der Waals surface area contributed by atoms with Gasteiger partial charge in [0.05, 0.1) is 0 Å². The average Bonchev–Trinajstić information content (AvgIpc) is 2.26. The number of halogens is 1. The zero-order valence-corrected chi connectivity index (χ0v) is 8.79. The highest BCUT2D eigenvalue weighted by atomic mass is 19.1. The van der Waals surface area contributed by atoms with Gasteiger partial charge in [-0.3, -0.25) is 4.79 Å². The maximum Gasteiger partial charge on any atom is 0.226 e. The van der Waals surface area contributed by atoms with Crippen LogP contribution in [0.5, 0.6) is 0 Å². The molecule has 1 aliphatic rings. The molecule has 1 aromatic carbocycles. The van der Waals surface area contributed by atoms with Crippen molar-refractivity contribution < 1.29 is 9.18 Å². The number of carbonyl (C=O) groups is 1. The van der Waals surface area contributed by atoms with Gasteiger partial charge in [-0.05, 0) is 36.6 Å². The first-order chi connectivity index (χ1) is 7.22. The van der Waals surface area contributed by atoms with Crippen LogP contribution in [0.15, 0.2) is 18.2 Å². The lowest BCUT2D eigenvalue weighted by atomic mass is 10.0. The van der Waals surface area contributed by atoms with Crippen LogP contribution >= 0.6 is 0 Å². The second-order valence-corrected chi connectivity index (χ2v) is 3.78. The molecule has 0 N–H and O–H groups in total. The molecule has 0 aromatic heterocycles. The first-order valence-corrected chi connectivity index (χ1v) is 5.31. The Balaban J connectivity index is 2.38. The van der Waals surface area contributed by atoms with Crippen molar-refractivity contribution in [2.45, 2.75) is 26.2 Å². The molecule has 0 atom stereocenters. The Morgan fingerprint density at radius 1 is 1.53 bits per heavy atom. The van der Waals surface area contributed by atoms with Gasteiger partial charge < -0.3 is 4.90 Å². The van der Waals surface area contributed by atoms with Crippen LogP contribution in [0.3, 0.4) is 0 Å². The Morgan fingerprint density at radius 3 is 3.07 bits per heavy atom. The van der Waals surface area contributed by atoms with Gasteiger partial charge in [0.2, 0.25) is 5.91 Å². The number of hydrogen-bond acceptors (Lipinski definition) is 1. The number of rotatable bonds is 1. The Kier molecular flexibility index (Phi) is 2.71. The minimum absolute atomic E-state index is 0.113. The molecule has 0 bridgehead atoms. The van der Waals surface area contributed by atoms with E-state index in [-0.39, 0.29) is 11.7 Å². The van der Waals surface area contributed by atoms with Crippen molar-refractivity contribution in [3.63, 3.8) is 0 Å². The third-order valence-corrected chi connectivity index (χ3v) is 2.76. The van der Waals surface area contributed by atoms with Crippen LogP contribution < -0.4 is 4.90 Å². The lowest BCUT2D eigenvalue weighted by Gasteiger charge is -2.29. The zero-order chi connectivity index (χ0) is 10.8. The number of benzene rings is 1. The minimum atomic E-state index is -0.223. The summed E-state index contributed by atoms with van der Waals surface area (Å²) in [5.74, 6) is -0.109. The lowest BCUT2D eigenvalue weighted by Crippen LogP contribution is -2.34. The fraction of sp³-hybridized carbons (Fsp3) is 0.417. The van der Waals surface area contributed by atoms with E-state index in [0.717, 1.165) is 30.6 Å². The topological polar surface area (TPSA) is 20.3 Å². The molecule has 80 valence electrons. The van der Waals surface area contributed by atoms with Crippen molar-refractivity contribution in [1.82, 2.24) is 0 Å². The van der Waals surface area contributed by atoms with Gasteiger partial charge in [-0.2, -0.15) is 0 Å². The molecule has 1 heterocycles. The largest absolute Gasteiger partial charge is 0.312 e. The summed E-state index contributed by atoms with van der Waals surface area (Å²) in [5, 5.41) is 0. The van der Waals surface area contributed by atoms with Gasteiger partial charge in [-0.25, -0.2) is 4.39 Å². The monoisotopic (exact) mass is 207 g/mol. The Bertz CT molecular complexity index is 389. The van der Waals surface area contributed by atoms with Gasteiger partial charge in [0, 0.05) is 18.7 Å². The Labute approximate surface area is 88.7 Å². The summed E-state index contributed by atoms with van der Waals surface area (Å²) in [6.07, 6.45) is 2.28. The first-order valence-electron chi connectivity index (χ1n) is 5.31. The van der Waals surface area contributed by atoms with Crippen LogP contribution in [-0.4, -0.2) is 12.5 Å². The summed E-state index contributed by atoms with van der Waals surface area (Å²) in [6, 6.07) is 4.65. The lowest BCUT2D eigenvalue weighted by molar-refractivity contribution is -0.118. The molecule has 0 unspecified atom stereocenters. The predicted octanol–water partition coefficient (Wildman–Crippen LogP) is 2.51. The second kappa shape index (κ2) is 4.01. The van der Waals surface area contributed by atoms with E-state index in [0.29, 0.717) is 6.42 Å². The third-order valence-electron chi connectivity index (χ3n) is 2.76. The first kappa shape index (κ1) is 10.1. The van der Waals surface area contributed by atoms with E-state index < -0.39 is 0 Å². The number of anilines is 1. The molecule has 15 heavy (non-hydrogen) atoms. The predicted molar refractivity (Wildman–Crippen MR) is 57.4 cm³/mol. The second-order valence-electron chi connectivity index (χ2n) is 3.78. The van der Waals surface area contributed by atoms with Crippen LogP contribution in [0.1, 0.15) is 25.3 Å². The summed E-state index contributed by atoms with van der Waals surface area (Å²) >= 11 is 0. The Morgan fingerprint density at radius 2 is 2.33 bits per heavy atom. The minimum Gasteiger partial charge on any atom is -0.312 e. The third kappa shape index (κ3) is 1.87. The number of nitrogens with zero attached hydrogens (tertiary/aromatic N) is 1. The highest BCUT2D eigenvalue weighted by Gasteiger charge is 2.21. The summed E-state index contributed by atoms with van der Waals surface area (Å²) in [5.41, 5.74) is 1.83. The van der Waals surface area contributed by atoms with E-state index in [1.807, 2.05) is 6.92 Å². The van der Waals surface area contributed by atoms with Crippen molar-refractivity contribution >= 4 is 11.6 Å². The SMILES string of the molecule is CCC(=O)N1CCCc2cc(F)ccc21. The summed E-state index contributed by atoms with van der Waals surface area (Å²) < 4.78 is 13.0. The van der Waals surface area contributed by atoms with Gasteiger partial charge in [0.25, 0.3) is 0 Å². The quantitative estimate of drug-likeness (QED) is 0.693. The fourth-order valence-electron chi connectivity index (χ4n) is 2.02. The molecule has 0 fully saturated rings. The van der Waals surface area contributed by atoms with Crippen LogP contribution in [0.4, 0.5) is 10.1 Å². The number of hydrogen-bond donors (Lipinski definition) is 0. The summed E-state index contributed by atoms with van der Waals surface area (Å²) in [7, 11) is 0. The highest BCUT2D eigenvalue weighted by Crippen LogP contribution is 2.28. The maximum atomic E-state index is 13.0. The molecule has 2 nitrogen and oxygen atoms in total. The zero-order valence-electron chi connectivity index (χ0n) is 8.79. The van der Waals surface area contributed by atoms with Crippen LogP contribution in [0, 0.1) is 5.82 Å². The van der Waals surface area contributed by atoms with E-state index in [4.69, 9.17) is 0 Å². The molecule has 2 rings (SSSR count). The van der Waals surface area contributed by atoms with E-state index >= 15 is 0 Å². The van der Waals surface area contributed by atoms with Crippen molar-refractivity contribution in [2.75, 3.05) is 11.4 Å². The highest BCUT2D eigenvalue weighted by molar-refractivity contribution is 5.94. The normalized spacial score (nSPS) is 14.9. The molecule has 1 amide bonds. The Hall–Kier alpha value is -1.38. The van der Waals surface area contributed by atoms with Crippen molar-refractivity contribution in [1.29, 1.82) is 0 Å². The molecule has 0 saturated carbocycles. The van der Waals surface area contributed by atoms with Crippen LogP contribution in [-0.2, 0) is 11.2 Å². The molecular formula is C12H14FNO. The molecule has 0 saturated heterocycles. The number of fused-ring (bicyclic) bond motifs is 1. The maximum absolute atomic E-state index is 13.0. The van der Waals surface area contributed by atoms with E-state index in [1.54, 1.807) is 11.0 Å². The molecule has 0 spiro atoms. The number of amides is 1. The van der Waals surface area contributed by atoms with Crippen molar-refractivity contribution in [3.05, 3.63) is 29.6 Å². The standard InChI is InChI=1S/C12H14FNO/c1-2-12(15)14-7-3-4-9-8-10(13)5-6-11(9)14/h5-6,8H,2-4,7H2,1H3. The molecule has 0 aliphatic carbocycles. The van der Waals surface area contributed by atoms with E-state index in [1.165, 1.54) is 12.1 Å². The molecule has 0 radical (unpaired) electrons. The van der Waals surface area contributed by atoms with Gasteiger partial charge in [-0.15, -0.1) is 0 Å². The summed E-state index contributed by atoms with van der Waals surface area (Å²) in [6.45, 7) is 2.60.